The Kier molecular flexibility index (Phi) is 6.60. The highest BCUT2D eigenvalue weighted by atomic mass is 35.5. The van der Waals surface area contributed by atoms with Gasteiger partial charge in [0.1, 0.15) is 0 Å². The quantitative estimate of drug-likeness (QED) is 0.746. The van der Waals surface area contributed by atoms with E-state index in [2.05, 4.69) is 10.6 Å². The molecule has 1 atom stereocenters. The van der Waals surface area contributed by atoms with Crippen molar-refractivity contribution in [3.05, 3.63) is 58.1 Å². The number of amides is 2. The number of esters is 1. The fourth-order valence-corrected chi connectivity index (χ4v) is 2.34. The molecule has 0 saturated heterocycles. The first-order chi connectivity index (χ1) is 12.3. The second-order valence-corrected chi connectivity index (χ2v) is 6.26. The van der Waals surface area contributed by atoms with Crippen LogP contribution in [-0.4, -0.2) is 23.9 Å². The van der Waals surface area contributed by atoms with Crippen molar-refractivity contribution >= 4 is 52.4 Å². The van der Waals surface area contributed by atoms with E-state index in [0.717, 1.165) is 0 Å². The van der Waals surface area contributed by atoms with Crippen LogP contribution in [0, 0.1) is 0 Å². The number of rotatable bonds is 5. The van der Waals surface area contributed by atoms with Gasteiger partial charge in [-0.15, -0.1) is 0 Å². The Morgan fingerprint density at radius 1 is 1.00 bits per heavy atom. The van der Waals surface area contributed by atoms with Crippen LogP contribution >= 0.6 is 23.2 Å². The Labute approximate surface area is 160 Å². The molecule has 2 aromatic rings. The summed E-state index contributed by atoms with van der Waals surface area (Å²) in [6.45, 7) is 2.83. The first-order valence-corrected chi connectivity index (χ1v) is 8.36. The molecule has 0 bridgehead atoms. The lowest BCUT2D eigenvalue weighted by atomic mass is 10.2. The molecule has 0 saturated carbocycles. The van der Waals surface area contributed by atoms with Crippen molar-refractivity contribution in [3.8, 4) is 0 Å². The number of carbonyl (C=O) groups is 3. The highest BCUT2D eigenvalue weighted by molar-refractivity contribution is 6.35. The topological polar surface area (TPSA) is 84.5 Å². The van der Waals surface area contributed by atoms with E-state index in [4.69, 9.17) is 27.9 Å². The molecule has 0 unspecified atom stereocenters. The minimum Gasteiger partial charge on any atom is -0.449 e. The predicted octanol–water partition coefficient (Wildman–Crippen LogP) is 4.14. The second-order valence-electron chi connectivity index (χ2n) is 5.42. The fourth-order valence-electron chi connectivity index (χ4n) is 2.00. The highest BCUT2D eigenvalue weighted by Gasteiger charge is 2.20. The molecular weight excluding hydrogens is 379 g/mol. The third kappa shape index (κ3) is 5.47. The molecule has 0 aliphatic heterocycles. The average Bonchev–Trinajstić information content (AvgIpc) is 2.58. The number of nitrogens with one attached hydrogen (secondary N) is 2. The van der Waals surface area contributed by atoms with Crippen molar-refractivity contribution < 1.29 is 19.1 Å². The molecule has 8 heteroatoms. The van der Waals surface area contributed by atoms with Crippen molar-refractivity contribution in [3.63, 3.8) is 0 Å². The molecule has 6 nitrogen and oxygen atoms in total. The van der Waals surface area contributed by atoms with Crippen LogP contribution in [0.15, 0.2) is 42.5 Å². The fraction of sp³-hybridized carbons (Fsp3) is 0.167. The van der Waals surface area contributed by atoms with E-state index in [1.54, 1.807) is 24.3 Å². The van der Waals surface area contributed by atoms with E-state index in [1.807, 2.05) is 0 Å². The van der Waals surface area contributed by atoms with Gasteiger partial charge in [-0.25, -0.2) is 4.79 Å². The van der Waals surface area contributed by atoms with E-state index >= 15 is 0 Å². The minimum atomic E-state index is -1.05. The van der Waals surface area contributed by atoms with Gasteiger partial charge >= 0.3 is 5.97 Å². The van der Waals surface area contributed by atoms with E-state index < -0.39 is 18.0 Å². The Bertz CT molecular complexity index is 838. The second kappa shape index (κ2) is 8.69. The van der Waals surface area contributed by atoms with Crippen molar-refractivity contribution in [1.29, 1.82) is 0 Å². The van der Waals surface area contributed by atoms with Gasteiger partial charge in [0.05, 0.1) is 16.3 Å². The summed E-state index contributed by atoms with van der Waals surface area (Å²) in [5, 5.41) is 5.87. The van der Waals surface area contributed by atoms with E-state index in [-0.39, 0.29) is 11.5 Å². The Morgan fingerprint density at radius 2 is 1.65 bits per heavy atom. The van der Waals surface area contributed by atoms with E-state index in [0.29, 0.717) is 21.4 Å². The zero-order valence-electron chi connectivity index (χ0n) is 14.0. The number of carbonyl (C=O) groups excluding carboxylic acids is 3. The van der Waals surface area contributed by atoms with Gasteiger partial charge in [-0.05, 0) is 49.4 Å². The maximum atomic E-state index is 12.2. The van der Waals surface area contributed by atoms with Crippen LogP contribution < -0.4 is 10.6 Å². The average molecular weight is 395 g/mol. The number of anilines is 2. The summed E-state index contributed by atoms with van der Waals surface area (Å²) in [4.78, 5) is 35.3. The third-order valence-corrected chi connectivity index (χ3v) is 3.84. The zero-order valence-corrected chi connectivity index (χ0v) is 15.5. The van der Waals surface area contributed by atoms with Gasteiger partial charge in [-0.2, -0.15) is 0 Å². The van der Waals surface area contributed by atoms with Gasteiger partial charge in [0, 0.05) is 17.6 Å². The summed E-state index contributed by atoms with van der Waals surface area (Å²) >= 11 is 11.9. The number of hydrogen-bond acceptors (Lipinski definition) is 4. The smallest absolute Gasteiger partial charge is 0.338 e. The zero-order chi connectivity index (χ0) is 19.3. The van der Waals surface area contributed by atoms with Gasteiger partial charge in [0.25, 0.3) is 5.91 Å². The molecule has 2 amide bonds. The van der Waals surface area contributed by atoms with Crippen molar-refractivity contribution in [2.45, 2.75) is 20.0 Å². The Hall–Kier alpha value is -2.57. The van der Waals surface area contributed by atoms with Gasteiger partial charge in [-0.3, -0.25) is 9.59 Å². The normalized spacial score (nSPS) is 11.4. The standard InChI is InChI=1S/C18H16Cl2N2O4/c1-10(17(24)22-16-9-13(19)5-8-15(16)20)26-18(25)12-3-6-14(7-4-12)21-11(2)23/h3-10H,1-2H3,(H,21,23)(H,22,24)/t10-/m0/s1. The van der Waals surface area contributed by atoms with Crippen molar-refractivity contribution in [1.82, 2.24) is 0 Å². The van der Waals surface area contributed by atoms with E-state index in [9.17, 15) is 14.4 Å². The lowest BCUT2D eigenvalue weighted by Gasteiger charge is -2.14. The molecule has 0 fully saturated rings. The number of benzene rings is 2. The largest absolute Gasteiger partial charge is 0.449 e. The molecule has 0 spiro atoms. The number of ether oxygens (including phenoxy) is 1. The highest BCUT2D eigenvalue weighted by Crippen LogP contribution is 2.25. The summed E-state index contributed by atoms with van der Waals surface area (Å²) in [5.74, 6) is -1.43. The molecule has 2 rings (SSSR count). The van der Waals surface area contributed by atoms with Crippen LogP contribution in [0.25, 0.3) is 0 Å². The van der Waals surface area contributed by atoms with Crippen molar-refractivity contribution in [2.75, 3.05) is 10.6 Å². The van der Waals surface area contributed by atoms with Crippen LogP contribution in [0.4, 0.5) is 11.4 Å². The molecule has 0 aliphatic carbocycles. The Balaban J connectivity index is 1.98. The number of halogens is 2. The SMILES string of the molecule is CC(=O)Nc1ccc(C(=O)O[C@@H](C)C(=O)Nc2cc(Cl)ccc2Cl)cc1. The molecule has 0 radical (unpaired) electrons. The van der Waals surface area contributed by atoms with Crippen molar-refractivity contribution in [2.24, 2.45) is 0 Å². The first-order valence-electron chi connectivity index (χ1n) is 7.61. The Morgan fingerprint density at radius 3 is 2.27 bits per heavy atom. The summed E-state index contributed by atoms with van der Waals surface area (Å²) in [6, 6.07) is 10.7. The maximum absolute atomic E-state index is 12.2. The van der Waals surface area contributed by atoms with Crippen LogP contribution in [0.3, 0.4) is 0 Å². The van der Waals surface area contributed by atoms with Crippen LogP contribution in [-0.2, 0) is 14.3 Å². The first kappa shape index (κ1) is 19.8. The third-order valence-electron chi connectivity index (χ3n) is 3.28. The summed E-state index contributed by atoms with van der Waals surface area (Å²) in [5.41, 5.74) is 1.13. The van der Waals surface area contributed by atoms with E-state index in [1.165, 1.54) is 32.0 Å². The molecule has 0 aromatic heterocycles. The summed E-state index contributed by atoms with van der Waals surface area (Å²) < 4.78 is 5.15. The molecule has 0 heterocycles. The monoisotopic (exact) mass is 394 g/mol. The van der Waals surface area contributed by atoms with Crippen LogP contribution in [0.5, 0.6) is 0 Å². The molecule has 136 valence electrons. The summed E-state index contributed by atoms with van der Waals surface area (Å²) in [6.07, 6.45) is -1.05. The molecular formula is C18H16Cl2N2O4. The van der Waals surface area contributed by atoms with Gasteiger partial charge in [0.2, 0.25) is 5.91 Å². The van der Waals surface area contributed by atoms with Crippen LogP contribution in [0.2, 0.25) is 10.0 Å². The predicted molar refractivity (Wildman–Crippen MR) is 101 cm³/mol. The van der Waals surface area contributed by atoms with Crippen LogP contribution in [0.1, 0.15) is 24.2 Å². The van der Waals surface area contributed by atoms with Gasteiger partial charge in [-0.1, -0.05) is 23.2 Å². The molecule has 2 N–H and O–H groups in total. The number of hydrogen-bond donors (Lipinski definition) is 2. The lowest BCUT2D eigenvalue weighted by Crippen LogP contribution is -2.30. The van der Waals surface area contributed by atoms with Gasteiger partial charge < -0.3 is 15.4 Å². The summed E-state index contributed by atoms with van der Waals surface area (Å²) in [7, 11) is 0. The lowest BCUT2D eigenvalue weighted by molar-refractivity contribution is -0.123. The molecule has 26 heavy (non-hydrogen) atoms. The van der Waals surface area contributed by atoms with Gasteiger partial charge in [0.15, 0.2) is 6.10 Å². The maximum Gasteiger partial charge on any atom is 0.338 e. The molecule has 0 aliphatic rings. The molecule has 2 aromatic carbocycles. The minimum absolute atomic E-state index is 0.217.